The molecule has 0 aliphatic rings. The van der Waals surface area contributed by atoms with Gasteiger partial charge in [0.15, 0.2) is 0 Å². The molecule has 0 radical (unpaired) electrons. The summed E-state index contributed by atoms with van der Waals surface area (Å²) in [5.74, 6) is 0.451. The van der Waals surface area contributed by atoms with Crippen LogP contribution in [0.25, 0.3) is 0 Å². The van der Waals surface area contributed by atoms with Gasteiger partial charge < -0.3 is 5.32 Å². The zero-order chi connectivity index (χ0) is 18.5. The SMILES string of the molecule is Cc1nc(SCc2ccc(NC(=O)c3ccc(F)cc3C#N)cc2)n[nH]1. The first-order valence-electron chi connectivity index (χ1n) is 7.67. The van der Waals surface area contributed by atoms with Gasteiger partial charge in [-0.2, -0.15) is 5.26 Å². The van der Waals surface area contributed by atoms with Gasteiger partial charge >= 0.3 is 0 Å². The Kier molecular flexibility index (Phi) is 5.29. The lowest BCUT2D eigenvalue weighted by Gasteiger charge is -2.07. The summed E-state index contributed by atoms with van der Waals surface area (Å²) in [6.07, 6.45) is 0. The molecule has 3 rings (SSSR count). The second-order valence-electron chi connectivity index (χ2n) is 5.44. The highest BCUT2D eigenvalue weighted by Gasteiger charge is 2.12. The Hall–Kier alpha value is -3.18. The lowest BCUT2D eigenvalue weighted by molar-refractivity contribution is 0.102. The van der Waals surface area contributed by atoms with Crippen LogP contribution in [0.2, 0.25) is 0 Å². The molecular formula is C18H14FN5OS. The molecule has 3 aromatic rings. The molecule has 1 amide bonds. The van der Waals surface area contributed by atoms with Gasteiger partial charge in [0, 0.05) is 11.4 Å². The van der Waals surface area contributed by atoms with E-state index in [-0.39, 0.29) is 11.1 Å². The summed E-state index contributed by atoms with van der Waals surface area (Å²) in [6, 6.07) is 12.6. The predicted molar refractivity (Wildman–Crippen MR) is 96.2 cm³/mol. The minimum atomic E-state index is -0.554. The topological polar surface area (TPSA) is 94.5 Å². The Labute approximate surface area is 153 Å². The second kappa shape index (κ2) is 7.80. The molecule has 1 heterocycles. The maximum absolute atomic E-state index is 13.2. The summed E-state index contributed by atoms with van der Waals surface area (Å²) in [5.41, 5.74) is 1.77. The fourth-order valence-electron chi connectivity index (χ4n) is 2.22. The number of benzene rings is 2. The summed E-state index contributed by atoms with van der Waals surface area (Å²) in [7, 11) is 0. The minimum absolute atomic E-state index is 0.00249. The number of carbonyl (C=O) groups is 1. The van der Waals surface area contributed by atoms with Gasteiger partial charge in [0.05, 0.1) is 11.1 Å². The Morgan fingerprint density at radius 2 is 2.08 bits per heavy atom. The molecule has 1 aromatic heterocycles. The second-order valence-corrected chi connectivity index (χ2v) is 6.39. The summed E-state index contributed by atoms with van der Waals surface area (Å²) in [4.78, 5) is 16.5. The third-order valence-corrected chi connectivity index (χ3v) is 4.42. The number of carbonyl (C=O) groups excluding carboxylic acids is 1. The summed E-state index contributed by atoms with van der Waals surface area (Å²) >= 11 is 1.50. The Morgan fingerprint density at radius 1 is 1.31 bits per heavy atom. The molecule has 6 nitrogen and oxygen atoms in total. The van der Waals surface area contributed by atoms with Gasteiger partial charge in [0.1, 0.15) is 17.7 Å². The molecule has 0 spiro atoms. The van der Waals surface area contributed by atoms with Crippen molar-refractivity contribution in [2.45, 2.75) is 17.8 Å². The van der Waals surface area contributed by atoms with Crippen LogP contribution in [0.3, 0.4) is 0 Å². The molecule has 0 aliphatic carbocycles. The zero-order valence-corrected chi connectivity index (χ0v) is 14.6. The van der Waals surface area contributed by atoms with Gasteiger partial charge in [0.2, 0.25) is 5.16 Å². The van der Waals surface area contributed by atoms with Gasteiger partial charge in [-0.3, -0.25) is 9.89 Å². The largest absolute Gasteiger partial charge is 0.322 e. The maximum Gasteiger partial charge on any atom is 0.257 e. The number of aryl methyl sites for hydroxylation is 1. The van der Waals surface area contributed by atoms with E-state index >= 15 is 0 Å². The normalized spacial score (nSPS) is 10.3. The molecule has 2 aromatic carbocycles. The summed E-state index contributed by atoms with van der Waals surface area (Å²) in [5, 5.41) is 19.3. The van der Waals surface area contributed by atoms with E-state index in [0.29, 0.717) is 16.6 Å². The van der Waals surface area contributed by atoms with Crippen molar-refractivity contribution >= 4 is 23.4 Å². The van der Waals surface area contributed by atoms with Crippen LogP contribution in [0.5, 0.6) is 0 Å². The number of amides is 1. The lowest BCUT2D eigenvalue weighted by atomic mass is 10.1. The van der Waals surface area contributed by atoms with Crippen LogP contribution in [-0.4, -0.2) is 21.1 Å². The molecule has 0 saturated carbocycles. The highest BCUT2D eigenvalue weighted by molar-refractivity contribution is 7.98. The van der Waals surface area contributed by atoms with E-state index in [1.165, 1.54) is 17.8 Å². The number of nitrogens with one attached hydrogen (secondary N) is 2. The van der Waals surface area contributed by atoms with Crippen molar-refractivity contribution < 1.29 is 9.18 Å². The van der Waals surface area contributed by atoms with E-state index in [0.717, 1.165) is 23.5 Å². The average Bonchev–Trinajstić information content (AvgIpc) is 3.06. The van der Waals surface area contributed by atoms with Crippen molar-refractivity contribution in [3.8, 4) is 6.07 Å². The number of anilines is 1. The van der Waals surface area contributed by atoms with Crippen LogP contribution < -0.4 is 5.32 Å². The average molecular weight is 367 g/mol. The summed E-state index contributed by atoms with van der Waals surface area (Å²) < 4.78 is 13.2. The monoisotopic (exact) mass is 367 g/mol. The summed E-state index contributed by atoms with van der Waals surface area (Å²) in [6.45, 7) is 1.84. The highest BCUT2D eigenvalue weighted by Crippen LogP contribution is 2.21. The fraction of sp³-hybridized carbons (Fsp3) is 0.111. The van der Waals surface area contributed by atoms with Crippen molar-refractivity contribution in [1.29, 1.82) is 5.26 Å². The van der Waals surface area contributed by atoms with E-state index in [2.05, 4.69) is 20.5 Å². The van der Waals surface area contributed by atoms with Gasteiger partial charge in [0.25, 0.3) is 5.91 Å². The molecule has 0 fully saturated rings. The molecule has 0 atom stereocenters. The van der Waals surface area contributed by atoms with Crippen molar-refractivity contribution in [3.05, 3.63) is 70.8 Å². The van der Waals surface area contributed by atoms with E-state index in [9.17, 15) is 9.18 Å². The van der Waals surface area contributed by atoms with E-state index < -0.39 is 11.7 Å². The number of nitriles is 1. The lowest BCUT2D eigenvalue weighted by Crippen LogP contribution is -2.13. The number of hydrogen-bond acceptors (Lipinski definition) is 5. The molecule has 26 heavy (non-hydrogen) atoms. The van der Waals surface area contributed by atoms with Crippen LogP contribution in [0.4, 0.5) is 10.1 Å². The molecule has 8 heteroatoms. The number of aromatic nitrogens is 3. The Morgan fingerprint density at radius 3 is 2.73 bits per heavy atom. The fourth-order valence-corrected chi connectivity index (χ4v) is 3.02. The van der Waals surface area contributed by atoms with Crippen molar-refractivity contribution in [3.63, 3.8) is 0 Å². The quantitative estimate of drug-likeness (QED) is 0.671. The third-order valence-electron chi connectivity index (χ3n) is 3.50. The van der Waals surface area contributed by atoms with Crippen molar-refractivity contribution in [2.24, 2.45) is 0 Å². The number of hydrogen-bond donors (Lipinski definition) is 2. The predicted octanol–water partition coefficient (Wildman–Crippen LogP) is 3.67. The number of thioether (sulfide) groups is 1. The van der Waals surface area contributed by atoms with Crippen LogP contribution in [-0.2, 0) is 5.75 Å². The highest BCUT2D eigenvalue weighted by atomic mass is 32.2. The van der Waals surface area contributed by atoms with E-state index in [1.807, 2.05) is 25.1 Å². The Bertz CT molecular complexity index is 978. The van der Waals surface area contributed by atoms with Crippen molar-refractivity contribution in [1.82, 2.24) is 15.2 Å². The van der Waals surface area contributed by atoms with Crippen LogP contribution in [0.15, 0.2) is 47.6 Å². The zero-order valence-electron chi connectivity index (χ0n) is 13.8. The first kappa shape index (κ1) is 17.6. The molecule has 0 bridgehead atoms. The van der Waals surface area contributed by atoms with Gasteiger partial charge in [-0.1, -0.05) is 23.9 Å². The number of rotatable bonds is 5. The van der Waals surface area contributed by atoms with E-state index in [1.54, 1.807) is 12.1 Å². The van der Waals surface area contributed by atoms with Gasteiger partial charge in [-0.25, -0.2) is 9.37 Å². The van der Waals surface area contributed by atoms with E-state index in [4.69, 9.17) is 5.26 Å². The first-order chi connectivity index (χ1) is 12.5. The molecule has 0 aliphatic heterocycles. The number of nitrogens with zero attached hydrogens (tertiary/aromatic N) is 3. The van der Waals surface area contributed by atoms with Crippen LogP contribution in [0, 0.1) is 24.1 Å². The Balaban J connectivity index is 1.64. The molecule has 2 N–H and O–H groups in total. The third kappa shape index (κ3) is 4.26. The number of aromatic amines is 1. The first-order valence-corrected chi connectivity index (χ1v) is 8.65. The number of halogens is 1. The number of H-pyrrole nitrogens is 1. The molecule has 130 valence electrons. The minimum Gasteiger partial charge on any atom is -0.322 e. The molecule has 0 unspecified atom stereocenters. The standard InChI is InChI=1S/C18H14FN5OS/c1-11-21-18(24-23-11)26-10-12-2-5-15(6-3-12)22-17(25)16-7-4-14(19)8-13(16)9-20/h2-8H,10H2,1H3,(H,22,25)(H,21,23,24). The van der Waals surface area contributed by atoms with Gasteiger partial charge in [-0.15, -0.1) is 5.10 Å². The molecule has 0 saturated heterocycles. The maximum atomic E-state index is 13.2. The van der Waals surface area contributed by atoms with Crippen LogP contribution in [0.1, 0.15) is 27.3 Å². The molecular weight excluding hydrogens is 353 g/mol. The van der Waals surface area contributed by atoms with Gasteiger partial charge in [-0.05, 0) is 42.8 Å². The van der Waals surface area contributed by atoms with Crippen LogP contribution >= 0.6 is 11.8 Å². The smallest absolute Gasteiger partial charge is 0.257 e. The van der Waals surface area contributed by atoms with Crippen molar-refractivity contribution in [2.75, 3.05) is 5.32 Å².